The molecule has 0 aliphatic carbocycles. The molecule has 0 bridgehead atoms. The lowest BCUT2D eigenvalue weighted by Crippen LogP contribution is -2.44. The Morgan fingerprint density at radius 3 is 2.45 bits per heavy atom. The number of ether oxygens (including phenoxy) is 1. The van der Waals surface area contributed by atoms with Gasteiger partial charge in [-0.1, -0.05) is 25.1 Å². The normalized spacial score (nSPS) is 15.3. The monoisotopic (exact) mass is 278 g/mol. The van der Waals surface area contributed by atoms with Crippen molar-refractivity contribution in [3.63, 3.8) is 0 Å². The van der Waals surface area contributed by atoms with Crippen LogP contribution in [0.4, 0.5) is 0 Å². The van der Waals surface area contributed by atoms with Gasteiger partial charge in [0, 0.05) is 19.1 Å². The van der Waals surface area contributed by atoms with E-state index in [1.54, 1.807) is 12.0 Å². The number of likely N-dealkylation sites (N-methyl/N-ethyl adjacent to an activating group) is 1. The minimum absolute atomic E-state index is 0.0856. The first kappa shape index (κ1) is 16.5. The standard InChI is InChI=1S/C16H26N2O2/c1-11(18(4)16(19)12(2)13(3)17)10-14-8-6-7-9-15(14)20-5/h6-9,11-13H,10,17H2,1-5H3. The molecule has 0 heterocycles. The van der Waals surface area contributed by atoms with Crippen LogP contribution < -0.4 is 10.5 Å². The maximum absolute atomic E-state index is 12.3. The van der Waals surface area contributed by atoms with Crippen LogP contribution >= 0.6 is 0 Å². The number of nitrogens with zero attached hydrogens (tertiary/aromatic N) is 1. The first-order valence-electron chi connectivity index (χ1n) is 7.02. The van der Waals surface area contributed by atoms with Gasteiger partial charge in [-0.25, -0.2) is 0 Å². The van der Waals surface area contributed by atoms with E-state index in [1.165, 1.54) is 0 Å². The Kier molecular flexibility index (Phi) is 6.02. The fourth-order valence-electron chi connectivity index (χ4n) is 2.09. The van der Waals surface area contributed by atoms with Crippen molar-refractivity contribution in [2.24, 2.45) is 11.7 Å². The summed E-state index contributed by atoms with van der Waals surface area (Å²) in [6, 6.07) is 7.86. The number of rotatable bonds is 6. The van der Waals surface area contributed by atoms with E-state index in [-0.39, 0.29) is 23.9 Å². The summed E-state index contributed by atoms with van der Waals surface area (Å²) in [6.45, 7) is 5.78. The third-order valence-electron chi connectivity index (χ3n) is 3.89. The molecule has 0 fully saturated rings. The molecule has 0 saturated carbocycles. The summed E-state index contributed by atoms with van der Waals surface area (Å²) in [5, 5.41) is 0. The van der Waals surface area contributed by atoms with Crippen LogP contribution in [0.2, 0.25) is 0 Å². The first-order valence-corrected chi connectivity index (χ1v) is 7.02. The minimum Gasteiger partial charge on any atom is -0.496 e. The van der Waals surface area contributed by atoms with Crippen molar-refractivity contribution in [3.05, 3.63) is 29.8 Å². The second-order valence-electron chi connectivity index (χ2n) is 5.46. The van der Waals surface area contributed by atoms with E-state index in [0.29, 0.717) is 0 Å². The van der Waals surface area contributed by atoms with Crippen molar-refractivity contribution >= 4 is 5.91 Å². The van der Waals surface area contributed by atoms with Crippen LogP contribution in [0, 0.1) is 5.92 Å². The lowest BCUT2D eigenvalue weighted by atomic mass is 10.00. The van der Waals surface area contributed by atoms with Crippen LogP contribution in [0.15, 0.2) is 24.3 Å². The number of amides is 1. The predicted molar refractivity (Wildman–Crippen MR) is 81.7 cm³/mol. The van der Waals surface area contributed by atoms with Crippen molar-refractivity contribution in [1.29, 1.82) is 0 Å². The van der Waals surface area contributed by atoms with E-state index in [0.717, 1.165) is 17.7 Å². The Hall–Kier alpha value is -1.55. The van der Waals surface area contributed by atoms with Gasteiger partial charge in [0.15, 0.2) is 0 Å². The van der Waals surface area contributed by atoms with Crippen LogP contribution in [0.3, 0.4) is 0 Å². The molecule has 4 heteroatoms. The molecule has 112 valence electrons. The molecule has 1 rings (SSSR count). The molecule has 3 unspecified atom stereocenters. The molecular formula is C16H26N2O2. The summed E-state index contributed by atoms with van der Waals surface area (Å²) in [5.41, 5.74) is 6.91. The van der Waals surface area contributed by atoms with Crippen LogP contribution in [0.5, 0.6) is 5.75 Å². The van der Waals surface area contributed by atoms with Gasteiger partial charge in [0.2, 0.25) is 5.91 Å². The van der Waals surface area contributed by atoms with Crippen LogP contribution in [0.25, 0.3) is 0 Å². The van der Waals surface area contributed by atoms with Crippen molar-refractivity contribution in [2.75, 3.05) is 14.2 Å². The number of para-hydroxylation sites is 1. The molecule has 0 saturated heterocycles. The van der Waals surface area contributed by atoms with Gasteiger partial charge in [-0.05, 0) is 31.9 Å². The minimum atomic E-state index is -0.167. The van der Waals surface area contributed by atoms with Crippen molar-refractivity contribution in [1.82, 2.24) is 4.90 Å². The molecule has 1 aromatic rings. The van der Waals surface area contributed by atoms with Gasteiger partial charge < -0.3 is 15.4 Å². The molecular weight excluding hydrogens is 252 g/mol. The molecule has 2 N–H and O–H groups in total. The smallest absolute Gasteiger partial charge is 0.226 e. The van der Waals surface area contributed by atoms with Crippen molar-refractivity contribution in [3.8, 4) is 5.75 Å². The van der Waals surface area contributed by atoms with Crippen molar-refractivity contribution in [2.45, 2.75) is 39.3 Å². The third-order valence-corrected chi connectivity index (χ3v) is 3.89. The van der Waals surface area contributed by atoms with Crippen LogP contribution in [-0.2, 0) is 11.2 Å². The highest BCUT2D eigenvalue weighted by molar-refractivity contribution is 5.79. The maximum Gasteiger partial charge on any atom is 0.226 e. The number of hydrogen-bond donors (Lipinski definition) is 1. The van der Waals surface area contributed by atoms with Gasteiger partial charge in [0.05, 0.1) is 13.0 Å². The Morgan fingerprint density at radius 1 is 1.30 bits per heavy atom. The Bertz CT molecular complexity index is 446. The number of nitrogens with two attached hydrogens (primary N) is 1. The Labute approximate surface area is 121 Å². The predicted octanol–water partition coefficient (Wildman–Crippen LogP) is 2.07. The quantitative estimate of drug-likeness (QED) is 0.866. The van der Waals surface area contributed by atoms with E-state index in [9.17, 15) is 4.79 Å². The zero-order chi connectivity index (χ0) is 15.3. The number of benzene rings is 1. The number of carbonyl (C=O) groups is 1. The summed E-state index contributed by atoms with van der Waals surface area (Å²) in [6.07, 6.45) is 0.762. The average Bonchev–Trinajstić information content (AvgIpc) is 2.45. The average molecular weight is 278 g/mol. The maximum atomic E-state index is 12.3. The largest absolute Gasteiger partial charge is 0.496 e. The van der Waals surface area contributed by atoms with Gasteiger partial charge in [-0.2, -0.15) is 0 Å². The summed E-state index contributed by atoms with van der Waals surface area (Å²) in [7, 11) is 3.50. The van der Waals surface area contributed by atoms with Gasteiger partial charge in [0.25, 0.3) is 0 Å². The highest BCUT2D eigenvalue weighted by Crippen LogP contribution is 2.20. The van der Waals surface area contributed by atoms with Crippen LogP contribution in [0.1, 0.15) is 26.3 Å². The highest BCUT2D eigenvalue weighted by atomic mass is 16.5. The molecule has 1 aromatic carbocycles. The fraction of sp³-hybridized carbons (Fsp3) is 0.562. The summed E-state index contributed by atoms with van der Waals surface area (Å²) < 4.78 is 5.35. The lowest BCUT2D eigenvalue weighted by Gasteiger charge is -2.29. The number of hydrogen-bond acceptors (Lipinski definition) is 3. The number of carbonyl (C=O) groups excluding carboxylic acids is 1. The zero-order valence-electron chi connectivity index (χ0n) is 13.1. The van der Waals surface area contributed by atoms with E-state index in [2.05, 4.69) is 0 Å². The summed E-state index contributed by atoms with van der Waals surface area (Å²) >= 11 is 0. The molecule has 1 amide bonds. The van der Waals surface area contributed by atoms with Gasteiger partial charge in [-0.15, -0.1) is 0 Å². The van der Waals surface area contributed by atoms with Gasteiger partial charge in [-0.3, -0.25) is 4.79 Å². The molecule has 20 heavy (non-hydrogen) atoms. The van der Waals surface area contributed by atoms with Crippen molar-refractivity contribution < 1.29 is 9.53 Å². The molecule has 0 aliphatic rings. The first-order chi connectivity index (χ1) is 9.38. The topological polar surface area (TPSA) is 55.6 Å². The Balaban J connectivity index is 2.75. The molecule has 0 spiro atoms. The number of methoxy groups -OCH3 is 1. The third kappa shape index (κ3) is 3.97. The van der Waals surface area contributed by atoms with Gasteiger partial charge >= 0.3 is 0 Å². The summed E-state index contributed by atoms with van der Waals surface area (Å²) in [4.78, 5) is 14.1. The fourth-order valence-corrected chi connectivity index (χ4v) is 2.09. The molecule has 0 radical (unpaired) electrons. The van der Waals surface area contributed by atoms with E-state index in [4.69, 9.17) is 10.5 Å². The SMILES string of the molecule is COc1ccccc1CC(C)N(C)C(=O)C(C)C(C)N. The van der Waals surface area contributed by atoms with E-state index < -0.39 is 0 Å². The highest BCUT2D eigenvalue weighted by Gasteiger charge is 2.24. The molecule has 3 atom stereocenters. The van der Waals surface area contributed by atoms with Crippen LogP contribution in [-0.4, -0.2) is 37.0 Å². The molecule has 0 aromatic heterocycles. The second kappa shape index (κ2) is 7.29. The zero-order valence-corrected chi connectivity index (χ0v) is 13.1. The lowest BCUT2D eigenvalue weighted by molar-refractivity contribution is -0.135. The molecule has 0 aliphatic heterocycles. The van der Waals surface area contributed by atoms with E-state index in [1.807, 2.05) is 52.1 Å². The Morgan fingerprint density at radius 2 is 1.90 bits per heavy atom. The molecule has 4 nitrogen and oxygen atoms in total. The summed E-state index contributed by atoms with van der Waals surface area (Å²) in [5.74, 6) is 0.781. The van der Waals surface area contributed by atoms with Gasteiger partial charge in [0.1, 0.15) is 5.75 Å². The second-order valence-corrected chi connectivity index (χ2v) is 5.46. The van der Waals surface area contributed by atoms with E-state index >= 15 is 0 Å².